The third kappa shape index (κ3) is 2.31. The van der Waals surface area contributed by atoms with Crippen molar-refractivity contribution in [1.82, 2.24) is 0 Å². The third-order valence-electron chi connectivity index (χ3n) is 4.08. The van der Waals surface area contributed by atoms with E-state index in [0.717, 1.165) is 29.7 Å². The van der Waals surface area contributed by atoms with Crippen LogP contribution in [0.2, 0.25) is 0 Å². The minimum Gasteiger partial charge on any atom is -0.508 e. The summed E-state index contributed by atoms with van der Waals surface area (Å²) in [6.07, 6.45) is 1.68. The van der Waals surface area contributed by atoms with Crippen LogP contribution in [0.5, 0.6) is 5.75 Å². The number of phenolic OH excluding ortho intramolecular Hbond substituents is 1. The first kappa shape index (κ1) is 13.4. The minimum absolute atomic E-state index is 0.0767. The number of rotatable bonds is 3. The molecule has 1 unspecified atom stereocenters. The Morgan fingerprint density at radius 2 is 2.05 bits per heavy atom. The number of nitrogens with one attached hydrogen (secondary N) is 1. The van der Waals surface area contributed by atoms with Crippen molar-refractivity contribution in [3.05, 3.63) is 63.2 Å². The number of anilines is 1. The molecule has 108 valence electrons. The smallest absolute Gasteiger partial charge is 0.274 e. The molecule has 0 radical (unpaired) electrons. The molecule has 2 N–H and O–H groups in total. The summed E-state index contributed by atoms with van der Waals surface area (Å²) < 4.78 is 0. The predicted octanol–water partition coefficient (Wildman–Crippen LogP) is 3.71. The molecule has 0 saturated heterocycles. The number of phenols is 1. The summed E-state index contributed by atoms with van der Waals surface area (Å²) in [5.41, 5.74) is 3.56. The van der Waals surface area contributed by atoms with Gasteiger partial charge in [-0.15, -0.1) is 0 Å². The van der Waals surface area contributed by atoms with Gasteiger partial charge >= 0.3 is 0 Å². The summed E-state index contributed by atoms with van der Waals surface area (Å²) in [6.45, 7) is 1.75. The summed E-state index contributed by atoms with van der Waals surface area (Å²) in [5, 5.41) is 24.2. The molecule has 5 heteroatoms. The van der Waals surface area contributed by atoms with Crippen LogP contribution in [-0.2, 0) is 6.42 Å². The number of nitrogens with zero attached hydrogens (tertiary/aromatic N) is 1. The van der Waals surface area contributed by atoms with E-state index in [0.29, 0.717) is 11.3 Å². The van der Waals surface area contributed by atoms with Crippen LogP contribution in [0.25, 0.3) is 0 Å². The largest absolute Gasteiger partial charge is 0.508 e. The summed E-state index contributed by atoms with van der Waals surface area (Å²) in [6, 6.07) is 10.6. The summed E-state index contributed by atoms with van der Waals surface area (Å²) >= 11 is 0. The summed E-state index contributed by atoms with van der Waals surface area (Å²) in [4.78, 5) is 10.6. The zero-order chi connectivity index (χ0) is 15.0. The van der Waals surface area contributed by atoms with E-state index in [2.05, 4.69) is 5.32 Å². The zero-order valence-corrected chi connectivity index (χ0v) is 11.7. The second kappa shape index (κ2) is 5.09. The van der Waals surface area contributed by atoms with Crippen molar-refractivity contribution in [1.29, 1.82) is 0 Å². The lowest BCUT2D eigenvalue weighted by atomic mass is 10.1. The van der Waals surface area contributed by atoms with Gasteiger partial charge < -0.3 is 10.4 Å². The molecule has 0 heterocycles. The Kier molecular flexibility index (Phi) is 3.25. The first-order valence-electron chi connectivity index (χ1n) is 6.89. The van der Waals surface area contributed by atoms with E-state index >= 15 is 0 Å². The second-order valence-electron chi connectivity index (χ2n) is 5.29. The Morgan fingerprint density at radius 1 is 1.29 bits per heavy atom. The average Bonchev–Trinajstić information content (AvgIpc) is 2.85. The Bertz CT molecular complexity index is 713. The Morgan fingerprint density at radius 3 is 2.81 bits per heavy atom. The van der Waals surface area contributed by atoms with Crippen molar-refractivity contribution in [2.75, 3.05) is 5.32 Å². The molecule has 0 saturated carbocycles. The molecule has 0 aromatic heterocycles. The lowest BCUT2D eigenvalue weighted by molar-refractivity contribution is -0.385. The normalized spacial score (nSPS) is 16.5. The lowest BCUT2D eigenvalue weighted by Gasteiger charge is -2.17. The number of hydrogen-bond acceptors (Lipinski definition) is 4. The van der Waals surface area contributed by atoms with Crippen LogP contribution in [0.15, 0.2) is 36.4 Å². The molecular formula is C16H16N2O3. The van der Waals surface area contributed by atoms with E-state index in [1.807, 2.05) is 18.2 Å². The first-order valence-corrected chi connectivity index (χ1v) is 6.89. The molecule has 0 spiro atoms. The van der Waals surface area contributed by atoms with Crippen LogP contribution in [0, 0.1) is 17.0 Å². The molecule has 2 aromatic rings. The summed E-state index contributed by atoms with van der Waals surface area (Å²) in [5.74, 6) is 0.326. The fourth-order valence-corrected chi connectivity index (χ4v) is 2.95. The van der Waals surface area contributed by atoms with Gasteiger partial charge in [-0.05, 0) is 43.0 Å². The Hall–Kier alpha value is -2.56. The molecule has 2 aromatic carbocycles. The number of hydrogen-bond donors (Lipinski definition) is 2. The van der Waals surface area contributed by atoms with Crippen LogP contribution < -0.4 is 5.32 Å². The van der Waals surface area contributed by atoms with Gasteiger partial charge in [0.05, 0.1) is 11.0 Å². The second-order valence-corrected chi connectivity index (χ2v) is 5.29. The molecule has 0 fully saturated rings. The maximum atomic E-state index is 11.0. The number of nitro benzene ring substituents is 1. The standard InChI is InChI=1S/C16H16N2O3/c1-10-13(5-3-6-15(10)18(20)21)17-14-9-8-12-11(14)4-2-7-16(12)19/h2-7,14,17,19H,8-9H2,1H3. The molecule has 1 aliphatic rings. The number of benzene rings is 2. The van der Waals surface area contributed by atoms with E-state index in [4.69, 9.17) is 0 Å². The van der Waals surface area contributed by atoms with E-state index in [1.54, 1.807) is 19.1 Å². The number of fused-ring (bicyclic) bond motifs is 1. The average molecular weight is 284 g/mol. The highest BCUT2D eigenvalue weighted by Crippen LogP contribution is 2.39. The molecule has 1 atom stereocenters. The SMILES string of the molecule is Cc1c(NC2CCc3c(O)cccc32)cccc1[N+](=O)[O-]. The maximum absolute atomic E-state index is 11.0. The van der Waals surface area contributed by atoms with Crippen molar-refractivity contribution in [3.8, 4) is 5.75 Å². The van der Waals surface area contributed by atoms with Gasteiger partial charge in [0.15, 0.2) is 0 Å². The quantitative estimate of drug-likeness (QED) is 0.665. The zero-order valence-electron chi connectivity index (χ0n) is 11.7. The van der Waals surface area contributed by atoms with E-state index in [9.17, 15) is 15.2 Å². The number of nitro groups is 1. The van der Waals surface area contributed by atoms with Crippen LogP contribution in [0.1, 0.15) is 29.2 Å². The summed E-state index contributed by atoms with van der Waals surface area (Å²) in [7, 11) is 0. The fraction of sp³-hybridized carbons (Fsp3) is 0.250. The monoisotopic (exact) mass is 284 g/mol. The topological polar surface area (TPSA) is 75.4 Å². The predicted molar refractivity (Wildman–Crippen MR) is 80.6 cm³/mol. The molecule has 5 nitrogen and oxygen atoms in total. The molecule has 3 rings (SSSR count). The van der Waals surface area contributed by atoms with Gasteiger partial charge in [0.1, 0.15) is 5.75 Å². The fourth-order valence-electron chi connectivity index (χ4n) is 2.95. The first-order chi connectivity index (χ1) is 10.1. The van der Waals surface area contributed by atoms with Gasteiger partial charge in [-0.1, -0.05) is 18.2 Å². The highest BCUT2D eigenvalue weighted by Gasteiger charge is 2.25. The Labute approximate surface area is 122 Å². The van der Waals surface area contributed by atoms with Crippen molar-refractivity contribution in [2.45, 2.75) is 25.8 Å². The van der Waals surface area contributed by atoms with Gasteiger partial charge in [-0.3, -0.25) is 10.1 Å². The van der Waals surface area contributed by atoms with Crippen LogP contribution in [-0.4, -0.2) is 10.0 Å². The van der Waals surface area contributed by atoms with Gasteiger partial charge in [0.25, 0.3) is 5.69 Å². The van der Waals surface area contributed by atoms with Gasteiger partial charge in [-0.2, -0.15) is 0 Å². The van der Waals surface area contributed by atoms with E-state index in [-0.39, 0.29) is 16.7 Å². The van der Waals surface area contributed by atoms with Gasteiger partial charge in [0, 0.05) is 17.3 Å². The number of aromatic hydroxyl groups is 1. The highest BCUT2D eigenvalue weighted by atomic mass is 16.6. The molecule has 0 bridgehead atoms. The van der Waals surface area contributed by atoms with Crippen molar-refractivity contribution < 1.29 is 10.0 Å². The van der Waals surface area contributed by atoms with Crippen molar-refractivity contribution in [2.24, 2.45) is 0 Å². The Balaban J connectivity index is 1.92. The van der Waals surface area contributed by atoms with Crippen LogP contribution in [0.3, 0.4) is 0 Å². The maximum Gasteiger partial charge on any atom is 0.274 e. The van der Waals surface area contributed by atoms with Gasteiger partial charge in [-0.25, -0.2) is 0 Å². The minimum atomic E-state index is -0.366. The van der Waals surface area contributed by atoms with Crippen LogP contribution >= 0.6 is 0 Å². The highest BCUT2D eigenvalue weighted by molar-refractivity contribution is 5.61. The molecule has 21 heavy (non-hydrogen) atoms. The third-order valence-corrected chi connectivity index (χ3v) is 4.08. The molecule has 1 aliphatic carbocycles. The van der Waals surface area contributed by atoms with E-state index in [1.165, 1.54) is 6.07 Å². The van der Waals surface area contributed by atoms with E-state index < -0.39 is 0 Å². The molecule has 0 aliphatic heterocycles. The van der Waals surface area contributed by atoms with Crippen LogP contribution in [0.4, 0.5) is 11.4 Å². The van der Waals surface area contributed by atoms with Gasteiger partial charge in [0.2, 0.25) is 0 Å². The molecule has 0 amide bonds. The van der Waals surface area contributed by atoms with Crippen molar-refractivity contribution in [3.63, 3.8) is 0 Å². The van der Waals surface area contributed by atoms with Crippen molar-refractivity contribution >= 4 is 11.4 Å². The lowest BCUT2D eigenvalue weighted by Crippen LogP contribution is -2.08. The molecular weight excluding hydrogens is 268 g/mol.